The standard InChI is InChI=1S/C11H18N4O4/c1-6(2)8(4-10(16)17)14-11(18)12-5-9-13-7(3)19-15-9/h6,8H,4-5H2,1-3H3,(H,16,17)(H2,12,14,18). The molecule has 106 valence electrons. The molecule has 0 aliphatic rings. The largest absolute Gasteiger partial charge is 0.481 e. The Morgan fingerprint density at radius 1 is 1.42 bits per heavy atom. The number of urea groups is 1. The van der Waals surface area contributed by atoms with Crippen molar-refractivity contribution in [1.29, 1.82) is 0 Å². The Kier molecular flexibility index (Phi) is 5.28. The van der Waals surface area contributed by atoms with Crippen LogP contribution in [0.2, 0.25) is 0 Å². The highest BCUT2D eigenvalue weighted by molar-refractivity contribution is 5.75. The molecule has 1 heterocycles. The second-order valence-electron chi connectivity index (χ2n) is 4.51. The SMILES string of the molecule is Cc1nc(CNC(=O)NC(CC(=O)O)C(C)C)no1. The number of rotatable bonds is 6. The molecule has 2 amide bonds. The number of aliphatic carboxylic acids is 1. The molecule has 1 atom stereocenters. The summed E-state index contributed by atoms with van der Waals surface area (Å²) in [6.45, 7) is 5.46. The van der Waals surface area contributed by atoms with Crippen molar-refractivity contribution in [1.82, 2.24) is 20.8 Å². The molecule has 8 nitrogen and oxygen atoms in total. The van der Waals surface area contributed by atoms with E-state index < -0.39 is 18.0 Å². The first-order valence-electron chi connectivity index (χ1n) is 5.93. The average Bonchev–Trinajstić information content (AvgIpc) is 2.71. The summed E-state index contributed by atoms with van der Waals surface area (Å²) in [6.07, 6.45) is -0.119. The molecule has 1 aromatic heterocycles. The number of carbonyl (C=O) groups is 2. The van der Waals surface area contributed by atoms with Gasteiger partial charge in [-0.25, -0.2) is 4.79 Å². The van der Waals surface area contributed by atoms with E-state index in [4.69, 9.17) is 9.63 Å². The second kappa shape index (κ2) is 6.72. The van der Waals surface area contributed by atoms with E-state index in [-0.39, 0.29) is 18.9 Å². The fourth-order valence-electron chi connectivity index (χ4n) is 1.43. The molecular formula is C11H18N4O4. The summed E-state index contributed by atoms with van der Waals surface area (Å²) in [5.41, 5.74) is 0. The number of amides is 2. The summed E-state index contributed by atoms with van der Waals surface area (Å²) in [7, 11) is 0. The van der Waals surface area contributed by atoms with Crippen LogP contribution in [0.15, 0.2) is 4.52 Å². The van der Waals surface area contributed by atoms with E-state index in [1.807, 2.05) is 13.8 Å². The fourth-order valence-corrected chi connectivity index (χ4v) is 1.43. The first-order valence-corrected chi connectivity index (χ1v) is 5.93. The van der Waals surface area contributed by atoms with E-state index >= 15 is 0 Å². The number of carbonyl (C=O) groups excluding carboxylic acids is 1. The zero-order chi connectivity index (χ0) is 14.4. The molecule has 8 heteroatoms. The summed E-state index contributed by atoms with van der Waals surface area (Å²) < 4.78 is 4.76. The summed E-state index contributed by atoms with van der Waals surface area (Å²) in [5.74, 6) is -0.141. The van der Waals surface area contributed by atoms with Crippen LogP contribution in [0, 0.1) is 12.8 Å². The van der Waals surface area contributed by atoms with E-state index in [1.54, 1.807) is 6.92 Å². The molecule has 0 aromatic carbocycles. The predicted octanol–water partition coefficient (Wildman–Crippen LogP) is 0.677. The summed E-state index contributed by atoms with van der Waals surface area (Å²) >= 11 is 0. The van der Waals surface area contributed by atoms with Crippen LogP contribution in [0.4, 0.5) is 4.79 Å². The van der Waals surface area contributed by atoms with Crippen LogP contribution in [0.1, 0.15) is 32.0 Å². The van der Waals surface area contributed by atoms with Crippen LogP contribution < -0.4 is 10.6 Å². The van der Waals surface area contributed by atoms with E-state index in [1.165, 1.54) is 0 Å². The van der Waals surface area contributed by atoms with Crippen molar-refractivity contribution in [3.63, 3.8) is 0 Å². The Morgan fingerprint density at radius 3 is 2.58 bits per heavy atom. The molecule has 0 saturated carbocycles. The number of carboxylic acid groups (broad SMARTS) is 1. The van der Waals surface area contributed by atoms with Crippen LogP contribution in [0.3, 0.4) is 0 Å². The van der Waals surface area contributed by atoms with E-state index in [2.05, 4.69) is 20.8 Å². The first kappa shape index (κ1) is 14.9. The van der Waals surface area contributed by atoms with Gasteiger partial charge in [-0.3, -0.25) is 4.79 Å². The highest BCUT2D eigenvalue weighted by atomic mass is 16.5. The molecular weight excluding hydrogens is 252 g/mol. The minimum absolute atomic E-state index is 0.0225. The number of nitrogens with zero attached hydrogens (tertiary/aromatic N) is 2. The van der Waals surface area contributed by atoms with E-state index in [9.17, 15) is 9.59 Å². The molecule has 0 aliphatic carbocycles. The van der Waals surface area contributed by atoms with Gasteiger partial charge in [0.2, 0.25) is 5.89 Å². The lowest BCUT2D eigenvalue weighted by Gasteiger charge is -2.20. The van der Waals surface area contributed by atoms with Gasteiger partial charge in [0.1, 0.15) is 0 Å². The number of nitrogens with one attached hydrogen (secondary N) is 2. The third-order valence-electron chi connectivity index (χ3n) is 2.49. The Bertz CT molecular complexity index is 444. The third kappa shape index (κ3) is 5.36. The molecule has 3 N–H and O–H groups in total. The zero-order valence-electron chi connectivity index (χ0n) is 11.1. The number of aryl methyl sites for hydroxylation is 1. The van der Waals surface area contributed by atoms with Crippen LogP contribution in [0.25, 0.3) is 0 Å². The molecule has 1 unspecified atom stereocenters. The van der Waals surface area contributed by atoms with Gasteiger partial charge in [-0.1, -0.05) is 19.0 Å². The molecule has 1 rings (SSSR count). The van der Waals surface area contributed by atoms with Crippen molar-refractivity contribution in [3.05, 3.63) is 11.7 Å². The van der Waals surface area contributed by atoms with Gasteiger partial charge in [0.15, 0.2) is 5.82 Å². The van der Waals surface area contributed by atoms with Gasteiger partial charge in [-0.05, 0) is 5.92 Å². The summed E-state index contributed by atoms with van der Waals surface area (Å²) in [4.78, 5) is 26.2. The van der Waals surface area contributed by atoms with Crippen molar-refractivity contribution in [2.24, 2.45) is 5.92 Å². The van der Waals surface area contributed by atoms with Crippen LogP contribution in [0.5, 0.6) is 0 Å². The quantitative estimate of drug-likeness (QED) is 0.699. The number of carboxylic acids is 1. The molecule has 0 bridgehead atoms. The molecule has 0 radical (unpaired) electrons. The molecule has 0 aliphatic heterocycles. The fraction of sp³-hybridized carbons (Fsp3) is 0.636. The van der Waals surface area contributed by atoms with Gasteiger partial charge in [0.05, 0.1) is 13.0 Å². The van der Waals surface area contributed by atoms with Gasteiger partial charge in [-0.2, -0.15) is 4.98 Å². The Morgan fingerprint density at radius 2 is 2.11 bits per heavy atom. The van der Waals surface area contributed by atoms with Crippen LogP contribution >= 0.6 is 0 Å². The summed E-state index contributed by atoms with van der Waals surface area (Å²) in [5, 5.41) is 17.5. The number of hydrogen-bond donors (Lipinski definition) is 3. The molecule has 1 aromatic rings. The molecule has 0 spiro atoms. The summed E-state index contributed by atoms with van der Waals surface area (Å²) in [6, 6.07) is -0.882. The smallest absolute Gasteiger partial charge is 0.315 e. The van der Waals surface area contributed by atoms with Crippen LogP contribution in [-0.2, 0) is 11.3 Å². The van der Waals surface area contributed by atoms with Gasteiger partial charge in [-0.15, -0.1) is 0 Å². The lowest BCUT2D eigenvalue weighted by atomic mass is 10.0. The van der Waals surface area contributed by atoms with Crippen molar-refractivity contribution >= 4 is 12.0 Å². The normalized spacial score (nSPS) is 12.2. The topological polar surface area (TPSA) is 117 Å². The Labute approximate surface area is 110 Å². The van der Waals surface area contributed by atoms with E-state index in [0.29, 0.717) is 11.7 Å². The molecule has 0 saturated heterocycles. The van der Waals surface area contributed by atoms with Gasteiger partial charge in [0, 0.05) is 13.0 Å². The molecule has 0 fully saturated rings. The van der Waals surface area contributed by atoms with Crippen molar-refractivity contribution < 1.29 is 19.2 Å². The lowest BCUT2D eigenvalue weighted by molar-refractivity contribution is -0.137. The van der Waals surface area contributed by atoms with Crippen LogP contribution in [-0.4, -0.2) is 33.3 Å². The molecule has 19 heavy (non-hydrogen) atoms. The highest BCUT2D eigenvalue weighted by Crippen LogP contribution is 2.05. The second-order valence-corrected chi connectivity index (χ2v) is 4.51. The maximum atomic E-state index is 11.6. The number of hydrogen-bond acceptors (Lipinski definition) is 5. The minimum atomic E-state index is -0.951. The van der Waals surface area contributed by atoms with E-state index in [0.717, 1.165) is 0 Å². The third-order valence-corrected chi connectivity index (χ3v) is 2.49. The van der Waals surface area contributed by atoms with Gasteiger partial charge < -0.3 is 20.3 Å². The highest BCUT2D eigenvalue weighted by Gasteiger charge is 2.19. The first-order chi connectivity index (χ1) is 8.88. The van der Waals surface area contributed by atoms with Crippen molar-refractivity contribution in [2.45, 2.75) is 39.8 Å². The zero-order valence-corrected chi connectivity index (χ0v) is 11.1. The minimum Gasteiger partial charge on any atom is -0.481 e. The van der Waals surface area contributed by atoms with Gasteiger partial charge >= 0.3 is 12.0 Å². The Hall–Kier alpha value is -2.12. The van der Waals surface area contributed by atoms with Gasteiger partial charge in [0.25, 0.3) is 0 Å². The maximum absolute atomic E-state index is 11.6. The number of aromatic nitrogens is 2. The Balaban J connectivity index is 2.42. The average molecular weight is 270 g/mol. The monoisotopic (exact) mass is 270 g/mol. The van der Waals surface area contributed by atoms with Crippen molar-refractivity contribution in [2.75, 3.05) is 0 Å². The predicted molar refractivity (Wildman–Crippen MR) is 65.3 cm³/mol. The van der Waals surface area contributed by atoms with Crippen molar-refractivity contribution in [3.8, 4) is 0 Å². The maximum Gasteiger partial charge on any atom is 0.315 e. The lowest BCUT2D eigenvalue weighted by Crippen LogP contribution is -2.45.